The van der Waals surface area contributed by atoms with Gasteiger partial charge in [-0.25, -0.2) is 4.79 Å². The summed E-state index contributed by atoms with van der Waals surface area (Å²) in [7, 11) is 0. The van der Waals surface area contributed by atoms with Crippen molar-refractivity contribution in [1.82, 2.24) is 5.32 Å². The lowest BCUT2D eigenvalue weighted by Crippen LogP contribution is -2.62. The van der Waals surface area contributed by atoms with Gasteiger partial charge in [0.2, 0.25) is 0 Å². The van der Waals surface area contributed by atoms with Gasteiger partial charge in [-0.1, -0.05) is 0 Å². The third kappa shape index (κ3) is 3.12. The molecule has 0 aliphatic carbocycles. The van der Waals surface area contributed by atoms with E-state index in [1.54, 1.807) is 0 Å². The van der Waals surface area contributed by atoms with Crippen molar-refractivity contribution in [3.8, 4) is 0 Å². The molecule has 2 fully saturated rings. The lowest BCUT2D eigenvalue weighted by atomic mass is 9.92. The van der Waals surface area contributed by atoms with Gasteiger partial charge in [0.05, 0.1) is 18.8 Å². The Kier molecular flexibility index (Phi) is 4.56. The first kappa shape index (κ1) is 17.9. The number of fused-ring (bicyclic) bond motifs is 2. The minimum absolute atomic E-state index is 0.768. The first-order chi connectivity index (χ1) is 10.5. The molecule has 6 atom stereocenters. The number of aliphatic carboxylic acids is 1. The van der Waals surface area contributed by atoms with Gasteiger partial charge < -0.3 is 35.2 Å². The summed E-state index contributed by atoms with van der Waals surface area (Å²) < 4.78 is 47.1. The largest absolute Gasteiger partial charge is 0.477 e. The zero-order chi connectivity index (χ0) is 17.6. The zero-order valence-corrected chi connectivity index (χ0v) is 11.4. The zero-order valence-electron chi connectivity index (χ0n) is 11.4. The highest BCUT2D eigenvalue weighted by Crippen LogP contribution is 2.42. The molecule has 2 aliphatic heterocycles. The first-order valence-electron chi connectivity index (χ1n) is 6.45. The molecule has 0 aromatic heterocycles. The lowest BCUT2D eigenvalue weighted by Gasteiger charge is -2.37. The standard InChI is InChI=1S/C11H14F3NO8/c12-11(13,14)8(19)15-5-3(17)1-10(9(20)21)22-6(4(18)2-16)7(5)23-10/h3-7,16-18H,1-2H2,(H,15,19)(H,20,21)/t3-,4+,5+,6+,7+,10+/m0/s1. The average molecular weight is 345 g/mol. The second-order valence-corrected chi connectivity index (χ2v) is 5.24. The molecule has 1 amide bonds. The second-order valence-electron chi connectivity index (χ2n) is 5.24. The van der Waals surface area contributed by atoms with Gasteiger partial charge in [0.15, 0.2) is 0 Å². The van der Waals surface area contributed by atoms with Gasteiger partial charge in [-0.3, -0.25) is 4.79 Å². The van der Waals surface area contributed by atoms with Crippen LogP contribution in [-0.2, 0) is 19.1 Å². The van der Waals surface area contributed by atoms with E-state index in [1.165, 1.54) is 5.32 Å². The summed E-state index contributed by atoms with van der Waals surface area (Å²) in [5.74, 6) is -6.39. The van der Waals surface area contributed by atoms with Gasteiger partial charge in [0.1, 0.15) is 18.3 Å². The number of rotatable bonds is 4. The van der Waals surface area contributed by atoms with Crippen molar-refractivity contribution in [1.29, 1.82) is 0 Å². The van der Waals surface area contributed by atoms with Gasteiger partial charge in [-0.05, 0) is 0 Å². The van der Waals surface area contributed by atoms with E-state index in [1.807, 2.05) is 0 Å². The van der Waals surface area contributed by atoms with Crippen molar-refractivity contribution in [2.45, 2.75) is 48.8 Å². The molecule has 2 aliphatic rings. The fraction of sp³-hybridized carbons (Fsp3) is 0.818. The van der Waals surface area contributed by atoms with E-state index in [4.69, 9.17) is 19.7 Å². The summed E-state index contributed by atoms with van der Waals surface area (Å²) in [5.41, 5.74) is 0. The molecule has 9 nitrogen and oxygen atoms in total. The lowest BCUT2D eigenvalue weighted by molar-refractivity contribution is -0.235. The number of aliphatic hydroxyl groups is 3. The molecule has 2 saturated heterocycles. The van der Waals surface area contributed by atoms with Crippen LogP contribution in [0.1, 0.15) is 6.42 Å². The van der Waals surface area contributed by atoms with Crippen LogP contribution >= 0.6 is 0 Å². The molecule has 0 unspecified atom stereocenters. The van der Waals surface area contributed by atoms with Crippen LogP contribution in [0.3, 0.4) is 0 Å². The number of carbonyl (C=O) groups is 2. The van der Waals surface area contributed by atoms with Crippen LogP contribution in [0.15, 0.2) is 0 Å². The van der Waals surface area contributed by atoms with E-state index < -0.39 is 67.3 Å². The van der Waals surface area contributed by atoms with Crippen molar-refractivity contribution in [3.63, 3.8) is 0 Å². The molecule has 0 saturated carbocycles. The molecular formula is C11H14F3NO8. The van der Waals surface area contributed by atoms with E-state index in [0.29, 0.717) is 0 Å². The number of nitrogens with one attached hydrogen (secondary N) is 1. The number of carboxylic acids is 1. The van der Waals surface area contributed by atoms with Crippen LogP contribution in [0.5, 0.6) is 0 Å². The van der Waals surface area contributed by atoms with Crippen molar-refractivity contribution in [2.24, 2.45) is 0 Å². The van der Waals surface area contributed by atoms with Gasteiger partial charge in [0, 0.05) is 6.42 Å². The van der Waals surface area contributed by atoms with Crippen molar-refractivity contribution >= 4 is 11.9 Å². The highest BCUT2D eigenvalue weighted by Gasteiger charge is 2.64. The molecule has 2 bridgehead atoms. The second kappa shape index (κ2) is 5.87. The first-order valence-corrected chi connectivity index (χ1v) is 6.45. The molecule has 0 radical (unpaired) electrons. The van der Waals surface area contributed by atoms with Crippen LogP contribution < -0.4 is 5.32 Å². The van der Waals surface area contributed by atoms with Crippen LogP contribution in [0.2, 0.25) is 0 Å². The Morgan fingerprint density at radius 2 is 1.96 bits per heavy atom. The Labute approximate surface area is 126 Å². The van der Waals surface area contributed by atoms with E-state index >= 15 is 0 Å². The summed E-state index contributed by atoms with van der Waals surface area (Å²) in [4.78, 5) is 22.3. The predicted octanol–water partition coefficient (Wildman–Crippen LogP) is -2.28. The molecule has 12 heteroatoms. The summed E-state index contributed by atoms with van der Waals surface area (Å²) in [6.07, 6.45) is -12.6. The number of aliphatic hydroxyl groups excluding tert-OH is 3. The quantitative estimate of drug-likeness (QED) is 0.383. The van der Waals surface area contributed by atoms with E-state index in [2.05, 4.69) is 0 Å². The Hall–Kier alpha value is -1.47. The minimum atomic E-state index is -5.23. The number of halogens is 3. The number of carbonyl (C=O) groups excluding carboxylic acids is 1. The molecule has 0 aromatic rings. The fourth-order valence-corrected chi connectivity index (χ4v) is 2.60. The Morgan fingerprint density at radius 3 is 2.43 bits per heavy atom. The molecule has 2 heterocycles. The smallest absolute Gasteiger partial charge is 0.471 e. The SMILES string of the molecule is O=C(N[C@H]1[C@H]2O[C@@](C(=O)O)(C[C@@H]1O)O[C@@H]2[C@H](O)CO)C(F)(F)F. The third-order valence-electron chi connectivity index (χ3n) is 3.67. The van der Waals surface area contributed by atoms with Gasteiger partial charge in [-0.15, -0.1) is 0 Å². The maximum atomic E-state index is 12.3. The van der Waals surface area contributed by atoms with Crippen LogP contribution in [0, 0.1) is 0 Å². The number of ether oxygens (including phenoxy) is 2. The van der Waals surface area contributed by atoms with Crippen LogP contribution in [-0.4, -0.2) is 81.3 Å². The molecule has 2 rings (SSSR count). The molecular weight excluding hydrogens is 331 g/mol. The van der Waals surface area contributed by atoms with Crippen molar-refractivity contribution < 1.29 is 52.7 Å². The molecule has 0 spiro atoms. The normalized spacial score (nSPS) is 38.2. The molecule has 23 heavy (non-hydrogen) atoms. The maximum absolute atomic E-state index is 12.3. The fourth-order valence-electron chi connectivity index (χ4n) is 2.60. The number of carboxylic acid groups (broad SMARTS) is 1. The summed E-state index contributed by atoms with van der Waals surface area (Å²) in [6.45, 7) is -0.893. The molecule has 0 aromatic carbocycles. The number of hydrogen-bond acceptors (Lipinski definition) is 7. The molecule has 132 valence electrons. The van der Waals surface area contributed by atoms with E-state index in [0.717, 1.165) is 0 Å². The van der Waals surface area contributed by atoms with E-state index in [-0.39, 0.29) is 0 Å². The third-order valence-corrected chi connectivity index (χ3v) is 3.67. The number of hydrogen-bond donors (Lipinski definition) is 5. The summed E-state index contributed by atoms with van der Waals surface area (Å²) >= 11 is 0. The van der Waals surface area contributed by atoms with Crippen LogP contribution in [0.4, 0.5) is 13.2 Å². The predicted molar refractivity (Wildman–Crippen MR) is 61.8 cm³/mol. The Morgan fingerprint density at radius 1 is 1.35 bits per heavy atom. The van der Waals surface area contributed by atoms with E-state index in [9.17, 15) is 33.0 Å². The van der Waals surface area contributed by atoms with Crippen molar-refractivity contribution in [2.75, 3.05) is 6.61 Å². The number of amides is 1. The highest BCUT2D eigenvalue weighted by atomic mass is 19.4. The number of alkyl halides is 3. The minimum Gasteiger partial charge on any atom is -0.477 e. The average Bonchev–Trinajstić information content (AvgIpc) is 2.77. The topological polar surface area (TPSA) is 146 Å². The Bertz CT molecular complexity index is 500. The Balaban J connectivity index is 2.28. The molecule has 5 N–H and O–H groups in total. The summed E-state index contributed by atoms with van der Waals surface area (Å²) in [6, 6.07) is -1.68. The monoisotopic (exact) mass is 345 g/mol. The van der Waals surface area contributed by atoms with Gasteiger partial charge in [0.25, 0.3) is 5.79 Å². The van der Waals surface area contributed by atoms with Crippen molar-refractivity contribution in [3.05, 3.63) is 0 Å². The van der Waals surface area contributed by atoms with Crippen LogP contribution in [0.25, 0.3) is 0 Å². The highest BCUT2D eigenvalue weighted by molar-refractivity contribution is 5.82. The van der Waals surface area contributed by atoms with Gasteiger partial charge in [-0.2, -0.15) is 13.2 Å². The van der Waals surface area contributed by atoms with Gasteiger partial charge >= 0.3 is 18.1 Å². The maximum Gasteiger partial charge on any atom is 0.471 e. The summed E-state index contributed by atoms with van der Waals surface area (Å²) in [5, 5.41) is 39.1.